The first-order chi connectivity index (χ1) is 15.3. The number of hydrogen-bond acceptors (Lipinski definition) is 4. The van der Waals surface area contributed by atoms with Gasteiger partial charge in [-0.15, -0.1) is 0 Å². The van der Waals surface area contributed by atoms with Crippen LogP contribution in [0.1, 0.15) is 68.3 Å². The van der Waals surface area contributed by atoms with Crippen molar-refractivity contribution in [2.45, 2.75) is 69.7 Å². The third kappa shape index (κ3) is 3.64. The molecule has 0 bridgehead atoms. The number of amides is 1. The summed E-state index contributed by atoms with van der Waals surface area (Å²) in [5, 5.41) is 16.9. The summed E-state index contributed by atoms with van der Waals surface area (Å²) in [6.07, 6.45) is -5.38. The van der Waals surface area contributed by atoms with Gasteiger partial charge in [0.2, 0.25) is 5.91 Å². The van der Waals surface area contributed by atoms with Crippen LogP contribution in [0.4, 0.5) is 24.5 Å². The van der Waals surface area contributed by atoms with E-state index in [1.807, 2.05) is 13.8 Å². The molecule has 2 aromatic carbocycles. The summed E-state index contributed by atoms with van der Waals surface area (Å²) in [6.45, 7) is 7.40. The standard InChI is InChI=1S/C25H29F3N2O3/c1-13(2)14-9-10-15-20(21(14)33-5)23(3,4)12-24(32,25(26,27)28)22(15)30-18-8-6-7-17-16(18)11-19(31)29-17/h6-10,13,22,30,32H,11-12H2,1-5H3,(H,29,31). The van der Waals surface area contributed by atoms with Crippen molar-refractivity contribution in [3.63, 3.8) is 0 Å². The molecule has 0 aromatic heterocycles. The predicted octanol–water partition coefficient (Wildman–Crippen LogP) is 5.44. The van der Waals surface area contributed by atoms with E-state index >= 15 is 0 Å². The lowest BCUT2D eigenvalue weighted by molar-refractivity contribution is -0.275. The Morgan fingerprint density at radius 1 is 1.21 bits per heavy atom. The number of fused-ring (bicyclic) bond motifs is 2. The van der Waals surface area contributed by atoms with Crippen LogP contribution < -0.4 is 15.4 Å². The third-order valence-corrected chi connectivity index (χ3v) is 6.80. The van der Waals surface area contributed by atoms with Crippen molar-refractivity contribution in [3.8, 4) is 5.75 Å². The van der Waals surface area contributed by atoms with Crippen molar-refractivity contribution in [2.24, 2.45) is 0 Å². The van der Waals surface area contributed by atoms with Crippen molar-refractivity contribution < 1.29 is 27.8 Å². The SMILES string of the molecule is COc1c(C(C)C)ccc2c1C(C)(C)CC(O)(C(F)(F)F)C2Nc1cccc2c1CC(=O)N2. The van der Waals surface area contributed by atoms with Crippen molar-refractivity contribution in [1.29, 1.82) is 0 Å². The van der Waals surface area contributed by atoms with Crippen LogP contribution in [0.15, 0.2) is 30.3 Å². The monoisotopic (exact) mass is 462 g/mol. The predicted molar refractivity (Wildman–Crippen MR) is 121 cm³/mol. The number of hydrogen-bond donors (Lipinski definition) is 3. The number of methoxy groups -OCH3 is 1. The molecule has 3 N–H and O–H groups in total. The van der Waals surface area contributed by atoms with Gasteiger partial charge in [0.1, 0.15) is 5.75 Å². The largest absolute Gasteiger partial charge is 0.496 e. The Labute approximate surface area is 191 Å². The highest BCUT2D eigenvalue weighted by molar-refractivity contribution is 6.01. The van der Waals surface area contributed by atoms with E-state index in [9.17, 15) is 23.1 Å². The average molecular weight is 463 g/mol. The van der Waals surface area contributed by atoms with Crippen molar-refractivity contribution in [3.05, 3.63) is 52.6 Å². The van der Waals surface area contributed by atoms with Gasteiger partial charge in [-0.05, 0) is 41.0 Å². The second kappa shape index (κ2) is 7.65. The maximum Gasteiger partial charge on any atom is 0.419 e. The number of benzene rings is 2. The Morgan fingerprint density at radius 3 is 2.52 bits per heavy atom. The molecule has 2 atom stereocenters. The number of nitrogens with one attached hydrogen (secondary N) is 2. The number of anilines is 2. The number of halogens is 3. The zero-order valence-corrected chi connectivity index (χ0v) is 19.4. The fourth-order valence-electron chi connectivity index (χ4n) is 5.35. The summed E-state index contributed by atoms with van der Waals surface area (Å²) < 4.78 is 49.1. The molecule has 1 aliphatic heterocycles. The van der Waals surface area contributed by atoms with Gasteiger partial charge in [-0.1, -0.05) is 45.9 Å². The number of ether oxygens (including phenoxy) is 1. The molecule has 178 valence electrons. The van der Waals surface area contributed by atoms with Crippen LogP contribution in [0.25, 0.3) is 0 Å². The van der Waals surface area contributed by atoms with Crippen LogP contribution in [-0.4, -0.2) is 29.9 Å². The van der Waals surface area contributed by atoms with E-state index in [0.29, 0.717) is 33.8 Å². The molecule has 0 saturated carbocycles. The quantitative estimate of drug-likeness (QED) is 0.566. The molecule has 0 spiro atoms. The fraction of sp³-hybridized carbons (Fsp3) is 0.480. The first-order valence-electron chi connectivity index (χ1n) is 11.0. The molecule has 33 heavy (non-hydrogen) atoms. The normalized spacial score (nSPS) is 23.7. The van der Waals surface area contributed by atoms with Gasteiger partial charge in [0.15, 0.2) is 5.60 Å². The number of rotatable bonds is 4. The highest BCUT2D eigenvalue weighted by Crippen LogP contribution is 2.57. The molecular weight excluding hydrogens is 433 g/mol. The Balaban J connectivity index is 1.95. The lowest BCUT2D eigenvalue weighted by atomic mass is 9.62. The van der Waals surface area contributed by atoms with Gasteiger partial charge < -0.3 is 20.5 Å². The Bertz CT molecular complexity index is 1110. The van der Waals surface area contributed by atoms with Crippen LogP contribution in [0.3, 0.4) is 0 Å². The van der Waals surface area contributed by atoms with Gasteiger partial charge in [0.25, 0.3) is 0 Å². The first-order valence-corrected chi connectivity index (χ1v) is 11.0. The molecular formula is C25H29F3N2O3. The van der Waals surface area contributed by atoms with E-state index in [4.69, 9.17) is 4.74 Å². The van der Waals surface area contributed by atoms with Gasteiger partial charge in [-0.3, -0.25) is 4.79 Å². The Kier molecular flexibility index (Phi) is 5.43. The molecule has 2 aromatic rings. The third-order valence-electron chi connectivity index (χ3n) is 6.80. The summed E-state index contributed by atoms with van der Waals surface area (Å²) in [5.74, 6) is 0.433. The van der Waals surface area contributed by atoms with E-state index in [0.717, 1.165) is 5.56 Å². The summed E-state index contributed by atoms with van der Waals surface area (Å²) in [7, 11) is 1.52. The van der Waals surface area contributed by atoms with Crippen LogP contribution in [-0.2, 0) is 16.6 Å². The van der Waals surface area contributed by atoms with Crippen LogP contribution in [0, 0.1) is 0 Å². The second-order valence-electron chi connectivity index (χ2n) is 9.92. The van der Waals surface area contributed by atoms with E-state index in [-0.39, 0.29) is 18.2 Å². The topological polar surface area (TPSA) is 70.6 Å². The summed E-state index contributed by atoms with van der Waals surface area (Å²) in [5.41, 5.74) is -0.621. The van der Waals surface area contributed by atoms with Crippen molar-refractivity contribution in [2.75, 3.05) is 17.7 Å². The summed E-state index contributed by atoms with van der Waals surface area (Å²) in [4.78, 5) is 11.9. The van der Waals surface area contributed by atoms with Crippen LogP contribution in [0.2, 0.25) is 0 Å². The lowest BCUT2D eigenvalue weighted by Gasteiger charge is -2.49. The van der Waals surface area contributed by atoms with Gasteiger partial charge >= 0.3 is 6.18 Å². The summed E-state index contributed by atoms with van der Waals surface area (Å²) in [6, 6.07) is 6.95. The smallest absolute Gasteiger partial charge is 0.419 e. The fourth-order valence-corrected chi connectivity index (χ4v) is 5.35. The van der Waals surface area contributed by atoms with Crippen molar-refractivity contribution >= 4 is 17.3 Å². The molecule has 0 radical (unpaired) electrons. The maximum atomic E-state index is 14.5. The van der Waals surface area contributed by atoms with Crippen molar-refractivity contribution in [1.82, 2.24) is 0 Å². The number of alkyl halides is 3. The lowest BCUT2D eigenvalue weighted by Crippen LogP contribution is -2.58. The van der Waals surface area contributed by atoms with Crippen LogP contribution in [0.5, 0.6) is 5.75 Å². The van der Waals surface area contributed by atoms with Crippen LogP contribution >= 0.6 is 0 Å². The highest BCUT2D eigenvalue weighted by Gasteiger charge is 2.64. The molecule has 1 amide bonds. The average Bonchev–Trinajstić information content (AvgIpc) is 3.09. The minimum atomic E-state index is -4.89. The molecule has 5 nitrogen and oxygen atoms in total. The van der Waals surface area contributed by atoms with E-state index in [1.165, 1.54) is 7.11 Å². The van der Waals surface area contributed by atoms with Gasteiger partial charge in [0.05, 0.1) is 19.6 Å². The minimum absolute atomic E-state index is 0.0592. The molecule has 1 heterocycles. The zero-order chi connectivity index (χ0) is 24.3. The van der Waals surface area contributed by atoms with E-state index in [1.54, 1.807) is 44.2 Å². The van der Waals surface area contributed by atoms with E-state index in [2.05, 4.69) is 10.6 Å². The van der Waals surface area contributed by atoms with Gasteiger partial charge in [-0.2, -0.15) is 13.2 Å². The maximum absolute atomic E-state index is 14.5. The number of carbonyl (C=O) groups is 1. The number of aliphatic hydroxyl groups is 1. The molecule has 1 aliphatic carbocycles. The van der Waals surface area contributed by atoms with E-state index < -0.39 is 29.7 Å². The Morgan fingerprint density at radius 2 is 1.91 bits per heavy atom. The molecule has 2 unspecified atom stereocenters. The molecule has 0 fully saturated rings. The molecule has 0 saturated heterocycles. The van der Waals surface area contributed by atoms with Gasteiger partial charge in [-0.25, -0.2) is 0 Å². The molecule has 4 rings (SSSR count). The molecule has 2 aliphatic rings. The highest BCUT2D eigenvalue weighted by atomic mass is 19.4. The summed E-state index contributed by atoms with van der Waals surface area (Å²) >= 11 is 0. The zero-order valence-electron chi connectivity index (χ0n) is 19.4. The number of carbonyl (C=O) groups excluding carboxylic acids is 1. The first kappa shape index (κ1) is 23.4. The second-order valence-corrected chi connectivity index (χ2v) is 9.92. The molecule has 8 heteroatoms. The van der Waals surface area contributed by atoms with Gasteiger partial charge in [0, 0.05) is 22.5 Å². The minimum Gasteiger partial charge on any atom is -0.496 e. The Hall–Kier alpha value is -2.74.